The molecule has 5 rings (SSSR count). The zero-order valence-electron chi connectivity index (χ0n) is 25.5. The van der Waals surface area contributed by atoms with Gasteiger partial charge >= 0.3 is 0 Å². The van der Waals surface area contributed by atoms with Gasteiger partial charge in [-0.2, -0.15) is 0 Å². The Kier molecular flexibility index (Phi) is 9.84. The summed E-state index contributed by atoms with van der Waals surface area (Å²) >= 11 is 3.46. The van der Waals surface area contributed by atoms with Gasteiger partial charge in [-0.1, -0.05) is 48.5 Å². The Balaban J connectivity index is 1.60. The average molecular weight is 683 g/mol. The molecular formula is C32H36BrN5O5S. The van der Waals surface area contributed by atoms with Crippen molar-refractivity contribution in [3.8, 4) is 11.1 Å². The summed E-state index contributed by atoms with van der Waals surface area (Å²) in [5.74, 6) is 1.70. The van der Waals surface area contributed by atoms with Crippen LogP contribution in [0.2, 0.25) is 0 Å². The summed E-state index contributed by atoms with van der Waals surface area (Å²) < 4.78 is 49.1. The van der Waals surface area contributed by atoms with Crippen LogP contribution >= 0.6 is 15.9 Å². The number of rotatable bonds is 13. The molecule has 2 aromatic carbocycles. The fourth-order valence-electron chi connectivity index (χ4n) is 5.18. The van der Waals surface area contributed by atoms with Crippen molar-refractivity contribution < 1.29 is 22.4 Å². The third-order valence-corrected chi connectivity index (χ3v) is 9.68. The lowest BCUT2D eigenvalue weighted by Crippen LogP contribution is -2.34. The molecule has 232 valence electrons. The maximum Gasteiger partial charge on any atom is 0.268 e. The largest absolute Gasteiger partial charge is 0.377 e. The van der Waals surface area contributed by atoms with Crippen LogP contribution in [0.15, 0.2) is 68.6 Å². The molecule has 0 aliphatic rings. The summed E-state index contributed by atoms with van der Waals surface area (Å²) in [7, 11) is -2.67. The Morgan fingerprint density at radius 1 is 1.02 bits per heavy atom. The fourth-order valence-corrected chi connectivity index (χ4v) is 7.06. The van der Waals surface area contributed by atoms with E-state index >= 15 is 0 Å². The zero-order valence-corrected chi connectivity index (χ0v) is 27.9. The highest BCUT2D eigenvalue weighted by Crippen LogP contribution is 2.35. The number of methoxy groups -OCH3 is 1. The molecule has 0 atom stereocenters. The number of imidazole rings is 1. The first-order chi connectivity index (χ1) is 21.2. The van der Waals surface area contributed by atoms with Gasteiger partial charge in [0.25, 0.3) is 10.0 Å². The van der Waals surface area contributed by atoms with Gasteiger partial charge in [0.1, 0.15) is 22.9 Å². The number of sulfonamides is 1. The molecule has 3 heterocycles. The van der Waals surface area contributed by atoms with E-state index in [4.69, 9.17) is 19.0 Å². The summed E-state index contributed by atoms with van der Waals surface area (Å²) in [4.78, 5) is 9.50. The lowest BCUT2D eigenvalue weighted by Gasteiger charge is -2.23. The van der Waals surface area contributed by atoms with E-state index in [9.17, 15) is 8.42 Å². The van der Waals surface area contributed by atoms with Crippen LogP contribution in [-0.4, -0.2) is 48.6 Å². The van der Waals surface area contributed by atoms with Crippen LogP contribution in [-0.2, 0) is 39.1 Å². The molecule has 0 aliphatic carbocycles. The van der Waals surface area contributed by atoms with E-state index in [0.29, 0.717) is 42.3 Å². The van der Waals surface area contributed by atoms with Crippen molar-refractivity contribution in [3.63, 3.8) is 0 Å². The Morgan fingerprint density at radius 3 is 2.52 bits per heavy atom. The Labute approximate surface area is 266 Å². The number of benzene rings is 2. The Morgan fingerprint density at radius 2 is 1.82 bits per heavy atom. The second-order valence-corrected chi connectivity index (χ2v) is 13.1. The minimum Gasteiger partial charge on any atom is -0.377 e. The normalized spacial score (nSPS) is 11.9. The maximum absolute atomic E-state index is 14.2. The topological polar surface area (TPSA) is 113 Å². The highest BCUT2D eigenvalue weighted by atomic mass is 79.9. The first-order valence-electron chi connectivity index (χ1n) is 14.4. The van der Waals surface area contributed by atoms with Gasteiger partial charge in [0.2, 0.25) is 0 Å². The first-order valence-corrected chi connectivity index (χ1v) is 16.7. The molecule has 0 aliphatic heterocycles. The van der Waals surface area contributed by atoms with E-state index in [1.54, 1.807) is 26.0 Å². The second-order valence-electron chi connectivity index (χ2n) is 10.4. The number of anilines is 1. The van der Waals surface area contributed by atoms with Gasteiger partial charge in [-0.25, -0.2) is 22.7 Å². The number of hydrogen-bond acceptors (Lipinski definition) is 8. The second kappa shape index (κ2) is 13.6. The van der Waals surface area contributed by atoms with E-state index in [1.165, 1.54) is 7.11 Å². The van der Waals surface area contributed by atoms with Crippen molar-refractivity contribution in [3.05, 3.63) is 87.5 Å². The summed E-state index contributed by atoms with van der Waals surface area (Å²) in [5.41, 5.74) is 5.52. The molecule has 0 unspecified atom stereocenters. The molecule has 0 spiro atoms. The standard InChI is InChI=1S/C32H36BrN5O5S/c1-6-10-30-35-31-27(15-16-29(33)34-31)37(30)18-23-13-14-25(24(17-23)19-42-7-2)26-11-8-9-12-28(26)44(39,40)38(20-41-5)32-21(3)22(4)43-36-32/h8-9,11-17H,6-7,10,18-20H2,1-5H3. The van der Waals surface area contributed by atoms with Gasteiger partial charge in [-0.15, -0.1) is 0 Å². The molecular weight excluding hydrogens is 646 g/mol. The van der Waals surface area contributed by atoms with Crippen molar-refractivity contribution in [2.75, 3.05) is 24.8 Å². The fraction of sp³-hybridized carbons (Fsp3) is 0.344. The highest BCUT2D eigenvalue weighted by Gasteiger charge is 2.32. The first kappa shape index (κ1) is 31.8. The molecule has 0 bridgehead atoms. The van der Waals surface area contributed by atoms with Crippen LogP contribution in [0.1, 0.15) is 48.5 Å². The molecule has 0 fully saturated rings. The van der Waals surface area contributed by atoms with Gasteiger partial charge in [0.15, 0.2) is 11.5 Å². The van der Waals surface area contributed by atoms with Gasteiger partial charge in [-0.3, -0.25) is 0 Å². The van der Waals surface area contributed by atoms with E-state index in [2.05, 4.69) is 43.6 Å². The molecule has 0 saturated heterocycles. The monoisotopic (exact) mass is 681 g/mol. The molecule has 5 aromatic rings. The number of halogens is 1. The number of nitrogens with zero attached hydrogens (tertiary/aromatic N) is 5. The quantitative estimate of drug-likeness (QED) is 0.0985. The SMILES string of the molecule is CCCc1nc2nc(Br)ccc2n1Cc1ccc(-c2ccccc2S(=O)(=O)N(COC)c2noc(C)c2C)c(COCC)c1. The summed E-state index contributed by atoms with van der Waals surface area (Å²) in [6, 6.07) is 17.0. The Bertz CT molecular complexity index is 1890. The molecule has 0 saturated carbocycles. The lowest BCUT2D eigenvalue weighted by atomic mass is 9.97. The summed E-state index contributed by atoms with van der Waals surface area (Å²) in [6.07, 6.45) is 1.78. The van der Waals surface area contributed by atoms with Crippen molar-refractivity contribution >= 4 is 42.9 Å². The van der Waals surface area contributed by atoms with E-state index < -0.39 is 10.0 Å². The molecule has 12 heteroatoms. The minimum atomic E-state index is -4.11. The van der Waals surface area contributed by atoms with Gasteiger partial charge in [0, 0.05) is 37.8 Å². The van der Waals surface area contributed by atoms with E-state index in [1.807, 2.05) is 43.3 Å². The minimum absolute atomic E-state index is 0.130. The third kappa shape index (κ3) is 6.30. The third-order valence-electron chi connectivity index (χ3n) is 7.46. The smallest absolute Gasteiger partial charge is 0.268 e. The number of hydrogen-bond donors (Lipinski definition) is 0. The van der Waals surface area contributed by atoms with Crippen LogP contribution < -0.4 is 4.31 Å². The number of pyridine rings is 1. The number of ether oxygens (including phenoxy) is 2. The van der Waals surface area contributed by atoms with Crippen molar-refractivity contribution in [2.24, 2.45) is 0 Å². The lowest BCUT2D eigenvalue weighted by molar-refractivity contribution is 0.134. The number of aromatic nitrogens is 4. The van der Waals surface area contributed by atoms with Gasteiger partial charge in [-0.05, 0) is 78.0 Å². The zero-order chi connectivity index (χ0) is 31.4. The van der Waals surface area contributed by atoms with Crippen molar-refractivity contribution in [2.45, 2.75) is 58.6 Å². The number of fused-ring (bicyclic) bond motifs is 1. The summed E-state index contributed by atoms with van der Waals surface area (Å²) in [5, 5.41) is 4.04. The van der Waals surface area contributed by atoms with E-state index in [-0.39, 0.29) is 17.4 Å². The molecule has 0 amide bonds. The van der Waals surface area contributed by atoms with Crippen LogP contribution in [0, 0.1) is 13.8 Å². The molecule has 0 N–H and O–H groups in total. The van der Waals surface area contributed by atoms with Gasteiger partial charge < -0.3 is 18.6 Å². The van der Waals surface area contributed by atoms with Crippen molar-refractivity contribution in [1.82, 2.24) is 19.7 Å². The highest BCUT2D eigenvalue weighted by molar-refractivity contribution is 9.10. The molecule has 0 radical (unpaired) electrons. The van der Waals surface area contributed by atoms with Gasteiger partial charge in [0.05, 0.1) is 17.0 Å². The van der Waals surface area contributed by atoms with E-state index in [0.717, 1.165) is 49.8 Å². The molecule has 10 nitrogen and oxygen atoms in total. The summed E-state index contributed by atoms with van der Waals surface area (Å²) in [6.45, 7) is 8.78. The Hall–Kier alpha value is -3.58. The predicted molar refractivity (Wildman–Crippen MR) is 173 cm³/mol. The molecule has 3 aromatic heterocycles. The number of aryl methyl sites for hydroxylation is 2. The predicted octanol–water partition coefficient (Wildman–Crippen LogP) is 6.80. The van der Waals surface area contributed by atoms with Crippen LogP contribution in [0.5, 0.6) is 0 Å². The van der Waals surface area contributed by atoms with Crippen LogP contribution in [0.3, 0.4) is 0 Å². The van der Waals surface area contributed by atoms with Crippen LogP contribution in [0.25, 0.3) is 22.3 Å². The van der Waals surface area contributed by atoms with Crippen molar-refractivity contribution in [1.29, 1.82) is 0 Å². The van der Waals surface area contributed by atoms with Crippen LogP contribution in [0.4, 0.5) is 5.82 Å². The average Bonchev–Trinajstić information content (AvgIpc) is 3.52. The molecule has 44 heavy (non-hydrogen) atoms. The maximum atomic E-state index is 14.2.